The topological polar surface area (TPSA) is 29.1 Å². The highest BCUT2D eigenvalue weighted by atomic mass is 16.1. The van der Waals surface area contributed by atoms with Gasteiger partial charge in [0.1, 0.15) is 0 Å². The van der Waals surface area contributed by atoms with Gasteiger partial charge < -0.3 is 5.32 Å². The van der Waals surface area contributed by atoms with Crippen molar-refractivity contribution >= 4 is 5.91 Å². The van der Waals surface area contributed by atoms with Crippen molar-refractivity contribution in [2.45, 2.75) is 34.1 Å². The van der Waals surface area contributed by atoms with Gasteiger partial charge >= 0.3 is 0 Å². The minimum absolute atomic E-state index is 0.124. The lowest BCUT2D eigenvalue weighted by Crippen LogP contribution is -2.38. The predicted molar refractivity (Wildman–Crippen MR) is 68.0 cm³/mol. The van der Waals surface area contributed by atoms with Crippen molar-refractivity contribution in [3.63, 3.8) is 0 Å². The summed E-state index contributed by atoms with van der Waals surface area (Å²) in [5, 5.41) is 2.96. The Balaban J connectivity index is 2.62. The second-order valence-electron chi connectivity index (χ2n) is 5.22. The lowest BCUT2D eigenvalue weighted by molar-refractivity contribution is -0.126. The number of nitrogens with one attached hydrogen (secondary N) is 1. The van der Waals surface area contributed by atoms with Gasteiger partial charge in [0.05, 0.1) is 0 Å². The second-order valence-corrected chi connectivity index (χ2v) is 5.22. The summed E-state index contributed by atoms with van der Waals surface area (Å²) in [5.41, 5.74) is 2.33. The summed E-state index contributed by atoms with van der Waals surface area (Å²) in [6, 6.07) is 0. The van der Waals surface area contributed by atoms with E-state index in [-0.39, 0.29) is 11.8 Å². The first-order valence-corrected chi connectivity index (χ1v) is 6.01. The number of carbonyl (C=O) groups is 1. The molecule has 0 aromatic rings. The van der Waals surface area contributed by atoms with E-state index in [1.807, 2.05) is 6.92 Å². The van der Waals surface area contributed by atoms with E-state index in [1.165, 1.54) is 5.57 Å². The molecule has 0 spiro atoms. The summed E-state index contributed by atoms with van der Waals surface area (Å²) in [5.74, 6) is 1.22. The minimum atomic E-state index is 0.124. The average molecular weight is 221 g/mol. The predicted octanol–water partition coefficient (Wildman–Crippen LogP) is 2.92. The van der Waals surface area contributed by atoms with Crippen LogP contribution in [0.3, 0.4) is 0 Å². The zero-order valence-corrected chi connectivity index (χ0v) is 10.8. The van der Waals surface area contributed by atoms with E-state index >= 15 is 0 Å². The lowest BCUT2D eigenvalue weighted by Gasteiger charge is -2.31. The van der Waals surface area contributed by atoms with Gasteiger partial charge in [0.2, 0.25) is 5.91 Å². The molecular weight excluding hydrogens is 198 g/mol. The van der Waals surface area contributed by atoms with E-state index < -0.39 is 0 Å². The van der Waals surface area contributed by atoms with Crippen LogP contribution < -0.4 is 5.32 Å². The normalized spacial score (nSPS) is 29.5. The Morgan fingerprint density at radius 1 is 1.56 bits per heavy atom. The molecule has 0 heterocycles. The maximum atomic E-state index is 12.0. The van der Waals surface area contributed by atoms with Crippen molar-refractivity contribution in [3.8, 4) is 0 Å². The molecule has 1 aliphatic rings. The lowest BCUT2D eigenvalue weighted by atomic mass is 9.75. The Kier molecular flexibility index (Phi) is 4.34. The quantitative estimate of drug-likeness (QED) is 0.729. The van der Waals surface area contributed by atoms with Gasteiger partial charge in [-0.1, -0.05) is 37.6 Å². The fraction of sp³-hybridized carbons (Fsp3) is 0.643. The van der Waals surface area contributed by atoms with Crippen molar-refractivity contribution < 1.29 is 4.79 Å². The smallest absolute Gasteiger partial charge is 0.223 e. The minimum Gasteiger partial charge on any atom is -0.352 e. The van der Waals surface area contributed by atoms with Crippen LogP contribution in [0, 0.1) is 17.8 Å². The van der Waals surface area contributed by atoms with Crippen LogP contribution in [0.15, 0.2) is 23.8 Å². The molecule has 0 fully saturated rings. The Morgan fingerprint density at radius 2 is 2.19 bits per heavy atom. The zero-order valence-electron chi connectivity index (χ0n) is 10.8. The van der Waals surface area contributed by atoms with Crippen molar-refractivity contribution in [3.05, 3.63) is 23.8 Å². The molecule has 1 rings (SSSR count). The molecule has 1 aliphatic carbocycles. The number of allylic oxidation sites excluding steroid dienone is 2. The third-order valence-corrected chi connectivity index (χ3v) is 3.45. The van der Waals surface area contributed by atoms with Crippen LogP contribution in [0.25, 0.3) is 0 Å². The van der Waals surface area contributed by atoms with Gasteiger partial charge in [-0.3, -0.25) is 4.79 Å². The Labute approximate surface area is 98.8 Å². The Morgan fingerprint density at radius 3 is 2.75 bits per heavy atom. The van der Waals surface area contributed by atoms with Gasteiger partial charge in [-0.25, -0.2) is 0 Å². The molecule has 0 bridgehead atoms. The molecule has 0 saturated carbocycles. The van der Waals surface area contributed by atoms with E-state index in [1.54, 1.807) is 0 Å². The number of hydrogen-bond acceptors (Lipinski definition) is 1. The van der Waals surface area contributed by atoms with Gasteiger partial charge in [-0.15, -0.1) is 0 Å². The second kappa shape index (κ2) is 5.33. The number of carbonyl (C=O) groups excluding carboxylic acids is 1. The largest absolute Gasteiger partial charge is 0.352 e. The van der Waals surface area contributed by atoms with Crippen molar-refractivity contribution in [1.29, 1.82) is 0 Å². The van der Waals surface area contributed by atoms with Gasteiger partial charge in [0, 0.05) is 12.5 Å². The molecule has 0 saturated heterocycles. The molecule has 16 heavy (non-hydrogen) atoms. The molecule has 0 aromatic heterocycles. The summed E-state index contributed by atoms with van der Waals surface area (Å²) in [7, 11) is 0. The van der Waals surface area contributed by atoms with E-state index in [0.29, 0.717) is 18.4 Å². The maximum absolute atomic E-state index is 12.0. The maximum Gasteiger partial charge on any atom is 0.223 e. The fourth-order valence-electron chi connectivity index (χ4n) is 2.27. The average Bonchev–Trinajstić information content (AvgIpc) is 2.19. The van der Waals surface area contributed by atoms with Gasteiger partial charge in [0.15, 0.2) is 0 Å². The molecule has 1 amide bonds. The van der Waals surface area contributed by atoms with Crippen LogP contribution in [-0.4, -0.2) is 12.5 Å². The van der Waals surface area contributed by atoms with Gasteiger partial charge in [0.25, 0.3) is 0 Å². The SMILES string of the molecule is C=C(C)CNC(=O)[C@@H]1CC(C)=C[C@H](C)[C@H]1C. The van der Waals surface area contributed by atoms with Crippen molar-refractivity contribution in [2.24, 2.45) is 17.8 Å². The van der Waals surface area contributed by atoms with Crippen molar-refractivity contribution in [1.82, 2.24) is 5.32 Å². The highest BCUT2D eigenvalue weighted by Crippen LogP contribution is 2.33. The molecular formula is C14H23NO. The molecule has 2 heteroatoms. The van der Waals surface area contributed by atoms with Crippen LogP contribution in [0.2, 0.25) is 0 Å². The number of rotatable bonds is 3. The van der Waals surface area contributed by atoms with E-state index in [4.69, 9.17) is 0 Å². The highest BCUT2D eigenvalue weighted by Gasteiger charge is 2.31. The van der Waals surface area contributed by atoms with Gasteiger partial charge in [-0.05, 0) is 32.1 Å². The summed E-state index contributed by atoms with van der Waals surface area (Å²) in [4.78, 5) is 12.0. The molecule has 0 aliphatic heterocycles. The van der Waals surface area contributed by atoms with E-state index in [0.717, 1.165) is 12.0 Å². The highest BCUT2D eigenvalue weighted by molar-refractivity contribution is 5.79. The monoisotopic (exact) mass is 221 g/mol. The molecule has 0 aromatic carbocycles. The summed E-state index contributed by atoms with van der Waals surface area (Å²) >= 11 is 0. The van der Waals surface area contributed by atoms with E-state index in [9.17, 15) is 4.79 Å². The number of hydrogen-bond donors (Lipinski definition) is 1. The van der Waals surface area contributed by atoms with Crippen LogP contribution in [-0.2, 0) is 4.79 Å². The molecule has 0 radical (unpaired) electrons. The number of amides is 1. The summed E-state index contributed by atoms with van der Waals surface area (Å²) < 4.78 is 0. The molecule has 2 nitrogen and oxygen atoms in total. The summed E-state index contributed by atoms with van der Waals surface area (Å²) in [6.07, 6.45) is 3.18. The first-order chi connectivity index (χ1) is 7.41. The first kappa shape index (κ1) is 13.0. The third kappa shape index (κ3) is 3.22. The summed E-state index contributed by atoms with van der Waals surface area (Å²) in [6.45, 7) is 12.8. The zero-order chi connectivity index (χ0) is 12.3. The van der Waals surface area contributed by atoms with Crippen LogP contribution >= 0.6 is 0 Å². The van der Waals surface area contributed by atoms with Gasteiger partial charge in [-0.2, -0.15) is 0 Å². The first-order valence-electron chi connectivity index (χ1n) is 6.01. The van der Waals surface area contributed by atoms with Crippen molar-refractivity contribution in [2.75, 3.05) is 6.54 Å². The standard InChI is InChI=1S/C14H23NO/c1-9(2)8-15-14(16)13-7-10(3)6-11(4)12(13)5/h6,11-13H,1,7-8H2,2-5H3,(H,15,16)/t11-,12+,13+/m0/s1. The van der Waals surface area contributed by atoms with Crippen LogP contribution in [0.1, 0.15) is 34.1 Å². The van der Waals surface area contributed by atoms with E-state index in [2.05, 4.69) is 38.7 Å². The Bertz CT molecular complexity index is 317. The fourth-order valence-corrected chi connectivity index (χ4v) is 2.27. The molecule has 3 atom stereocenters. The van der Waals surface area contributed by atoms with Crippen LogP contribution in [0.4, 0.5) is 0 Å². The molecule has 90 valence electrons. The Hall–Kier alpha value is -1.05. The van der Waals surface area contributed by atoms with Crippen LogP contribution in [0.5, 0.6) is 0 Å². The third-order valence-electron chi connectivity index (χ3n) is 3.45. The molecule has 1 N–H and O–H groups in total. The molecule has 0 unspecified atom stereocenters.